The number of carbonyl (C=O) groups is 4. The standard InChI is InChI=1S/C36H48BrN3O7/c1-4-6-18-27(42)38-23(3)30(24-14-9-7-10-15-24)46-35(45)28-29-33(43)40(20-13-21-41)32(36(29)22-26(37)31(28)47-36)34(44)39(19-5-2)25-16-11-8-12-17-25/h4-5,7,9-10,14-15,23,25-26,28-32,41H,1-2,6,8,11-13,16-22H2,3H3,(H,38,42)/t23-,26?,28+,29-,30-,31+,32+,36-/m0/s1. The topological polar surface area (TPSA) is 125 Å². The number of nitrogens with one attached hydrogen (secondary N) is 1. The molecule has 5 rings (SSSR count). The molecule has 4 aliphatic rings. The average Bonchev–Trinajstić information content (AvgIpc) is 3.67. The zero-order valence-electron chi connectivity index (χ0n) is 27.2. The van der Waals surface area contributed by atoms with Gasteiger partial charge in [-0.15, -0.1) is 13.2 Å². The zero-order chi connectivity index (χ0) is 33.7. The van der Waals surface area contributed by atoms with Gasteiger partial charge >= 0.3 is 5.97 Å². The van der Waals surface area contributed by atoms with Gasteiger partial charge in [-0.3, -0.25) is 19.2 Å². The molecular weight excluding hydrogens is 666 g/mol. The van der Waals surface area contributed by atoms with Gasteiger partial charge in [0, 0.05) is 37.0 Å². The Labute approximate surface area is 286 Å². The van der Waals surface area contributed by atoms with Gasteiger partial charge in [-0.25, -0.2) is 0 Å². The number of allylic oxidation sites excluding steroid dienone is 1. The number of benzene rings is 1. The van der Waals surface area contributed by atoms with Crippen molar-refractivity contribution in [2.24, 2.45) is 11.8 Å². The van der Waals surface area contributed by atoms with Gasteiger partial charge in [0.2, 0.25) is 17.7 Å². The van der Waals surface area contributed by atoms with Gasteiger partial charge in [0.25, 0.3) is 0 Å². The van der Waals surface area contributed by atoms with Crippen molar-refractivity contribution in [1.82, 2.24) is 15.1 Å². The van der Waals surface area contributed by atoms with Gasteiger partial charge in [0.15, 0.2) is 0 Å². The number of rotatable bonds is 15. The highest BCUT2D eigenvalue weighted by Crippen LogP contribution is 2.60. The van der Waals surface area contributed by atoms with Crippen LogP contribution in [0.2, 0.25) is 0 Å². The highest BCUT2D eigenvalue weighted by atomic mass is 79.9. The summed E-state index contributed by atoms with van der Waals surface area (Å²) in [6, 6.07) is 7.73. The van der Waals surface area contributed by atoms with Crippen molar-refractivity contribution < 1.29 is 33.8 Å². The molecule has 3 heterocycles. The summed E-state index contributed by atoms with van der Waals surface area (Å²) in [5, 5.41) is 12.7. The number of amides is 3. The van der Waals surface area contributed by atoms with Gasteiger partial charge in [0.05, 0.1) is 24.0 Å². The third-order valence-electron chi connectivity index (χ3n) is 10.3. The van der Waals surface area contributed by atoms with Crippen molar-refractivity contribution in [3.63, 3.8) is 0 Å². The van der Waals surface area contributed by atoms with Gasteiger partial charge in [0.1, 0.15) is 17.7 Å². The average molecular weight is 715 g/mol. The van der Waals surface area contributed by atoms with E-state index < -0.39 is 47.7 Å². The molecule has 2 bridgehead atoms. The summed E-state index contributed by atoms with van der Waals surface area (Å²) in [5.74, 6) is -3.21. The minimum Gasteiger partial charge on any atom is -0.455 e. The largest absolute Gasteiger partial charge is 0.455 e. The third kappa shape index (κ3) is 6.94. The molecule has 3 amide bonds. The number of aliphatic hydroxyl groups is 1. The first kappa shape index (κ1) is 35.3. The Morgan fingerprint density at radius 3 is 2.57 bits per heavy atom. The molecular formula is C36H48BrN3O7. The summed E-state index contributed by atoms with van der Waals surface area (Å²) >= 11 is 3.74. The predicted molar refractivity (Wildman–Crippen MR) is 180 cm³/mol. The number of halogens is 1. The van der Waals surface area contributed by atoms with Crippen LogP contribution >= 0.6 is 15.9 Å². The van der Waals surface area contributed by atoms with Gasteiger partial charge in [-0.05, 0) is 44.6 Å². The van der Waals surface area contributed by atoms with Crippen LogP contribution in [-0.2, 0) is 28.7 Å². The molecule has 1 aromatic carbocycles. The van der Waals surface area contributed by atoms with Crippen LogP contribution < -0.4 is 5.32 Å². The van der Waals surface area contributed by atoms with E-state index in [1.807, 2.05) is 35.2 Å². The number of carbonyl (C=O) groups excluding carboxylic acids is 4. The Morgan fingerprint density at radius 1 is 1.19 bits per heavy atom. The lowest BCUT2D eigenvalue weighted by Crippen LogP contribution is -2.58. The van der Waals surface area contributed by atoms with E-state index >= 15 is 0 Å². The molecule has 8 atom stereocenters. The fourth-order valence-electron chi connectivity index (χ4n) is 8.21. The van der Waals surface area contributed by atoms with Crippen LogP contribution in [0.1, 0.15) is 76.4 Å². The van der Waals surface area contributed by atoms with E-state index in [0.29, 0.717) is 31.4 Å². The Kier molecular flexibility index (Phi) is 11.6. The highest BCUT2D eigenvalue weighted by molar-refractivity contribution is 9.09. The van der Waals surface area contributed by atoms with E-state index in [1.54, 1.807) is 24.0 Å². The number of ether oxygens (including phenoxy) is 2. The van der Waals surface area contributed by atoms with Crippen LogP contribution in [0.25, 0.3) is 0 Å². The van der Waals surface area contributed by atoms with Gasteiger partial charge in [-0.1, -0.05) is 77.7 Å². The summed E-state index contributed by atoms with van der Waals surface area (Å²) in [6.45, 7) is 9.74. The molecule has 1 unspecified atom stereocenters. The normalized spacial score (nSPS) is 29.6. The molecule has 3 saturated heterocycles. The van der Waals surface area contributed by atoms with Crippen LogP contribution in [-0.4, -0.2) is 93.0 Å². The van der Waals surface area contributed by atoms with Crippen molar-refractivity contribution in [1.29, 1.82) is 0 Å². The first-order valence-electron chi connectivity index (χ1n) is 17.0. The van der Waals surface area contributed by atoms with Crippen molar-refractivity contribution in [3.05, 3.63) is 61.2 Å². The molecule has 47 heavy (non-hydrogen) atoms. The number of hydrogen-bond acceptors (Lipinski definition) is 7. The quantitative estimate of drug-likeness (QED) is 0.158. The molecule has 10 nitrogen and oxygen atoms in total. The predicted octanol–water partition coefficient (Wildman–Crippen LogP) is 4.22. The number of esters is 1. The molecule has 0 radical (unpaired) electrons. The number of fused-ring (bicyclic) bond motifs is 1. The summed E-state index contributed by atoms with van der Waals surface area (Å²) in [5.41, 5.74) is -0.526. The maximum absolute atomic E-state index is 14.7. The molecule has 2 N–H and O–H groups in total. The molecule has 11 heteroatoms. The van der Waals surface area contributed by atoms with Crippen LogP contribution in [0.15, 0.2) is 55.6 Å². The van der Waals surface area contributed by atoms with E-state index in [9.17, 15) is 24.3 Å². The fourth-order valence-corrected chi connectivity index (χ4v) is 9.15. The fraction of sp³-hybridized carbons (Fsp3) is 0.611. The molecule has 3 aliphatic heterocycles. The van der Waals surface area contributed by atoms with Gasteiger partial charge < -0.3 is 29.7 Å². The third-order valence-corrected chi connectivity index (χ3v) is 11.1. The van der Waals surface area contributed by atoms with E-state index in [4.69, 9.17) is 9.47 Å². The Hall–Kier alpha value is -3.02. The first-order valence-corrected chi connectivity index (χ1v) is 17.9. The lowest BCUT2D eigenvalue weighted by Gasteiger charge is -2.41. The van der Waals surface area contributed by atoms with Gasteiger partial charge in [-0.2, -0.15) is 0 Å². The molecule has 1 saturated carbocycles. The summed E-state index contributed by atoms with van der Waals surface area (Å²) in [4.78, 5) is 59.1. The van der Waals surface area contributed by atoms with Crippen LogP contribution in [0, 0.1) is 11.8 Å². The second kappa shape index (κ2) is 15.5. The molecule has 1 aromatic rings. The lowest BCUT2D eigenvalue weighted by molar-refractivity contribution is -0.162. The molecule has 4 fully saturated rings. The Morgan fingerprint density at radius 2 is 1.91 bits per heavy atom. The monoisotopic (exact) mass is 713 g/mol. The van der Waals surface area contributed by atoms with Crippen LogP contribution in [0.5, 0.6) is 0 Å². The summed E-state index contributed by atoms with van der Waals surface area (Å²) in [6.07, 6.45) is 8.30. The van der Waals surface area contributed by atoms with Crippen molar-refractivity contribution in [3.8, 4) is 0 Å². The smallest absolute Gasteiger partial charge is 0.313 e. The number of aliphatic hydroxyl groups excluding tert-OH is 1. The summed E-state index contributed by atoms with van der Waals surface area (Å²) < 4.78 is 12.9. The summed E-state index contributed by atoms with van der Waals surface area (Å²) in [7, 11) is 0. The molecule has 0 aromatic heterocycles. The Balaban J connectivity index is 1.46. The first-order chi connectivity index (χ1) is 22.7. The van der Waals surface area contributed by atoms with Crippen molar-refractivity contribution in [2.45, 2.75) is 105 Å². The van der Waals surface area contributed by atoms with Crippen molar-refractivity contribution in [2.75, 3.05) is 19.7 Å². The number of alkyl halides is 1. The zero-order valence-corrected chi connectivity index (χ0v) is 28.8. The van der Waals surface area contributed by atoms with Crippen LogP contribution in [0.4, 0.5) is 0 Å². The lowest BCUT2D eigenvalue weighted by atomic mass is 9.70. The highest BCUT2D eigenvalue weighted by Gasteiger charge is 2.77. The second-order valence-electron chi connectivity index (χ2n) is 13.3. The molecule has 256 valence electrons. The minimum atomic E-state index is -1.23. The Bertz CT molecular complexity index is 1320. The number of likely N-dealkylation sites (tertiary alicyclic amines) is 1. The second-order valence-corrected chi connectivity index (χ2v) is 14.5. The van der Waals surface area contributed by atoms with E-state index in [-0.39, 0.29) is 48.2 Å². The van der Waals surface area contributed by atoms with Crippen molar-refractivity contribution >= 4 is 39.6 Å². The minimum absolute atomic E-state index is 0.0356. The molecule has 1 aliphatic carbocycles. The maximum atomic E-state index is 14.7. The molecule has 1 spiro atoms. The van der Waals surface area contributed by atoms with E-state index in [1.165, 1.54) is 0 Å². The maximum Gasteiger partial charge on any atom is 0.313 e. The number of hydrogen-bond donors (Lipinski definition) is 2. The van der Waals surface area contributed by atoms with E-state index in [0.717, 1.165) is 32.1 Å². The van der Waals surface area contributed by atoms with Crippen LogP contribution in [0.3, 0.4) is 0 Å². The number of nitrogens with zero attached hydrogens (tertiary/aromatic N) is 2. The SMILES string of the molecule is C=CCCC(=O)N[C@@H](C)[C@H](OC(=O)[C@H]1[C@@H]2O[C@@]3(CC2Br)[C@@H]1C(=O)N(CCCO)[C@@H]3C(=O)N(CC=C)C1CCCCC1)c1ccccc1. The van der Waals surface area contributed by atoms with E-state index in [2.05, 4.69) is 34.4 Å².